The summed E-state index contributed by atoms with van der Waals surface area (Å²) in [5.74, 6) is 1.45. The highest BCUT2D eigenvalue weighted by molar-refractivity contribution is 5.72. The summed E-state index contributed by atoms with van der Waals surface area (Å²) in [4.78, 5) is 16.8. The van der Waals surface area contributed by atoms with Crippen LogP contribution in [0.4, 0.5) is 10.5 Å². The van der Waals surface area contributed by atoms with Gasteiger partial charge in [-0.1, -0.05) is 72.8 Å². The number of nitrogens with zero attached hydrogens (tertiary/aromatic N) is 1. The summed E-state index contributed by atoms with van der Waals surface area (Å²) < 4.78 is 17.8. The topological polar surface area (TPSA) is 81.7 Å². The van der Waals surface area contributed by atoms with Crippen molar-refractivity contribution in [2.24, 2.45) is 5.92 Å². The van der Waals surface area contributed by atoms with Gasteiger partial charge in [-0.2, -0.15) is 4.98 Å². The maximum Gasteiger partial charge on any atom is 0.407 e. The van der Waals surface area contributed by atoms with Gasteiger partial charge in [-0.15, -0.1) is 0 Å². The molecule has 1 heterocycles. The average Bonchev–Trinajstić information content (AvgIpc) is 3.03. The van der Waals surface area contributed by atoms with Crippen molar-refractivity contribution in [3.8, 4) is 22.9 Å². The molecular weight excluding hydrogens is 550 g/mol. The first-order valence-electron chi connectivity index (χ1n) is 15.5. The summed E-state index contributed by atoms with van der Waals surface area (Å²) in [6.45, 7) is 7.16. The second-order valence-electron chi connectivity index (χ2n) is 12.5. The molecule has 1 amide bonds. The van der Waals surface area contributed by atoms with E-state index in [1.807, 2.05) is 93.6 Å². The van der Waals surface area contributed by atoms with E-state index in [0.717, 1.165) is 53.6 Å². The zero-order chi connectivity index (χ0) is 30.8. The van der Waals surface area contributed by atoms with E-state index in [1.165, 1.54) is 0 Å². The van der Waals surface area contributed by atoms with Crippen LogP contribution < -0.4 is 20.1 Å². The summed E-state index contributed by atoms with van der Waals surface area (Å²) in [7, 11) is 0. The molecule has 0 unspecified atom stereocenters. The molecule has 5 rings (SSSR count). The Morgan fingerprint density at radius 3 is 2.11 bits per heavy atom. The van der Waals surface area contributed by atoms with Crippen LogP contribution >= 0.6 is 0 Å². The van der Waals surface area contributed by atoms with Gasteiger partial charge in [-0.25, -0.2) is 4.79 Å². The Labute approximate surface area is 261 Å². The highest BCUT2D eigenvalue weighted by Crippen LogP contribution is 2.34. The number of anilines is 1. The first-order chi connectivity index (χ1) is 21.3. The second-order valence-corrected chi connectivity index (χ2v) is 12.5. The lowest BCUT2D eigenvalue weighted by Gasteiger charge is -2.30. The fourth-order valence-electron chi connectivity index (χ4n) is 5.31. The minimum absolute atomic E-state index is 0.295. The molecule has 0 atom stereocenters. The van der Waals surface area contributed by atoms with Crippen LogP contribution in [0.1, 0.15) is 57.6 Å². The Morgan fingerprint density at radius 1 is 0.795 bits per heavy atom. The van der Waals surface area contributed by atoms with Gasteiger partial charge in [0.05, 0.1) is 6.61 Å². The van der Waals surface area contributed by atoms with Gasteiger partial charge >= 0.3 is 6.09 Å². The molecule has 1 aliphatic carbocycles. The SMILES string of the molecule is CC(C)(C)NC(=O)OCC1CCC(Nc2cccc(-c3ccc(OCc4ccccc4)nc3OCc3ccccc3)c2)CC1. The molecule has 4 aromatic rings. The van der Waals surface area contributed by atoms with Crippen molar-refractivity contribution in [2.45, 2.75) is 71.2 Å². The molecule has 44 heavy (non-hydrogen) atoms. The third kappa shape index (κ3) is 9.49. The number of alkyl carbamates (subject to hydrolysis) is 1. The van der Waals surface area contributed by atoms with Gasteiger partial charge in [-0.05, 0) is 87.3 Å². The van der Waals surface area contributed by atoms with Gasteiger partial charge in [0.2, 0.25) is 11.8 Å². The van der Waals surface area contributed by atoms with Gasteiger partial charge in [0, 0.05) is 28.9 Å². The lowest BCUT2D eigenvalue weighted by Crippen LogP contribution is -2.41. The zero-order valence-corrected chi connectivity index (χ0v) is 25.9. The molecule has 230 valence electrons. The predicted molar refractivity (Wildman–Crippen MR) is 175 cm³/mol. The molecule has 2 N–H and O–H groups in total. The van der Waals surface area contributed by atoms with Gasteiger partial charge in [0.15, 0.2) is 0 Å². The molecule has 7 nitrogen and oxygen atoms in total. The van der Waals surface area contributed by atoms with Crippen LogP contribution in [0.2, 0.25) is 0 Å². The summed E-state index contributed by atoms with van der Waals surface area (Å²) in [5.41, 5.74) is 4.85. The molecule has 0 aliphatic heterocycles. The summed E-state index contributed by atoms with van der Waals surface area (Å²) in [6.07, 6.45) is 3.75. The third-order valence-electron chi connectivity index (χ3n) is 7.60. The molecule has 0 radical (unpaired) electrons. The molecule has 7 heteroatoms. The quantitative estimate of drug-likeness (QED) is 0.182. The van der Waals surface area contributed by atoms with Crippen molar-refractivity contribution in [2.75, 3.05) is 11.9 Å². The van der Waals surface area contributed by atoms with Gasteiger partial charge < -0.3 is 24.8 Å². The first kappa shape index (κ1) is 30.9. The number of ether oxygens (including phenoxy) is 3. The Bertz CT molecular complexity index is 1480. The maximum atomic E-state index is 12.0. The minimum atomic E-state index is -0.341. The number of hydrogen-bond acceptors (Lipinski definition) is 6. The zero-order valence-electron chi connectivity index (χ0n) is 25.9. The van der Waals surface area contributed by atoms with Gasteiger partial charge in [0.1, 0.15) is 13.2 Å². The number of aromatic nitrogens is 1. The standard InChI is InChI=1S/C37H43N3O4/c1-37(2,3)40-36(41)44-26-29-17-19-31(20-18-29)38-32-16-10-15-30(23-32)33-21-22-34(42-24-27-11-6-4-7-12-27)39-35(33)43-25-28-13-8-5-9-14-28/h4-16,21-23,29,31,38H,17-20,24-26H2,1-3H3,(H,40,41). The van der Waals surface area contributed by atoms with Crippen LogP contribution in [0.5, 0.6) is 11.8 Å². The van der Waals surface area contributed by atoms with E-state index in [4.69, 9.17) is 19.2 Å². The van der Waals surface area contributed by atoms with Crippen LogP contribution in [0.3, 0.4) is 0 Å². The van der Waals surface area contributed by atoms with E-state index >= 15 is 0 Å². The molecular formula is C37H43N3O4. The van der Waals surface area contributed by atoms with Crippen molar-refractivity contribution < 1.29 is 19.0 Å². The Kier molecular flexibility index (Phi) is 10.4. The molecule has 1 aromatic heterocycles. The van der Waals surface area contributed by atoms with Crippen LogP contribution in [0, 0.1) is 5.92 Å². The van der Waals surface area contributed by atoms with Crippen LogP contribution in [-0.2, 0) is 18.0 Å². The van der Waals surface area contributed by atoms with Crippen molar-refractivity contribution in [3.63, 3.8) is 0 Å². The number of hydrogen-bond donors (Lipinski definition) is 2. The van der Waals surface area contributed by atoms with E-state index < -0.39 is 0 Å². The number of nitrogens with one attached hydrogen (secondary N) is 2. The summed E-state index contributed by atoms with van der Waals surface area (Å²) in [5, 5.41) is 6.59. The Balaban J connectivity index is 1.23. The average molecular weight is 594 g/mol. The van der Waals surface area contributed by atoms with Crippen molar-refractivity contribution in [3.05, 3.63) is 108 Å². The number of carbonyl (C=O) groups is 1. The van der Waals surface area contributed by atoms with Crippen LogP contribution in [0.15, 0.2) is 97.1 Å². The maximum absolute atomic E-state index is 12.0. The number of carbonyl (C=O) groups excluding carboxylic acids is 1. The van der Waals surface area contributed by atoms with E-state index in [2.05, 4.69) is 34.9 Å². The van der Waals surface area contributed by atoms with Gasteiger partial charge in [-0.3, -0.25) is 0 Å². The summed E-state index contributed by atoms with van der Waals surface area (Å²) >= 11 is 0. The number of amides is 1. The molecule has 3 aromatic carbocycles. The normalized spacial score (nSPS) is 16.5. The molecule has 0 bridgehead atoms. The molecule has 0 saturated heterocycles. The smallest absolute Gasteiger partial charge is 0.407 e. The highest BCUT2D eigenvalue weighted by atomic mass is 16.5. The van der Waals surface area contributed by atoms with Crippen molar-refractivity contribution in [1.82, 2.24) is 10.3 Å². The highest BCUT2D eigenvalue weighted by Gasteiger charge is 2.23. The monoisotopic (exact) mass is 593 g/mol. The minimum Gasteiger partial charge on any atom is -0.473 e. The molecule has 1 saturated carbocycles. The van der Waals surface area contributed by atoms with Crippen LogP contribution in [0.25, 0.3) is 11.1 Å². The van der Waals surface area contributed by atoms with Crippen molar-refractivity contribution in [1.29, 1.82) is 0 Å². The van der Waals surface area contributed by atoms with E-state index in [9.17, 15) is 4.79 Å². The molecule has 1 fully saturated rings. The largest absolute Gasteiger partial charge is 0.473 e. The number of benzene rings is 3. The molecule has 1 aliphatic rings. The number of rotatable bonds is 11. The lowest BCUT2D eigenvalue weighted by molar-refractivity contribution is 0.108. The Morgan fingerprint density at radius 2 is 1.45 bits per heavy atom. The number of pyridine rings is 1. The summed E-state index contributed by atoms with van der Waals surface area (Å²) in [6, 6.07) is 32.8. The first-order valence-corrected chi connectivity index (χ1v) is 15.5. The Hall–Kier alpha value is -4.52. The fraction of sp³-hybridized carbons (Fsp3) is 0.351. The third-order valence-corrected chi connectivity index (χ3v) is 7.60. The fourth-order valence-corrected chi connectivity index (χ4v) is 5.31. The van der Waals surface area contributed by atoms with E-state index in [-0.39, 0.29) is 11.6 Å². The predicted octanol–water partition coefficient (Wildman–Crippen LogP) is 8.40. The van der Waals surface area contributed by atoms with E-state index in [1.54, 1.807) is 0 Å². The molecule has 0 spiro atoms. The van der Waals surface area contributed by atoms with Crippen molar-refractivity contribution >= 4 is 11.8 Å². The second kappa shape index (κ2) is 14.8. The van der Waals surface area contributed by atoms with Crippen LogP contribution in [-0.4, -0.2) is 29.3 Å². The van der Waals surface area contributed by atoms with Gasteiger partial charge in [0.25, 0.3) is 0 Å². The van der Waals surface area contributed by atoms with E-state index in [0.29, 0.717) is 43.5 Å². The lowest BCUT2D eigenvalue weighted by atomic mass is 9.86.